The Kier molecular flexibility index (Phi) is 2.76. The Morgan fingerprint density at radius 2 is 2.32 bits per heavy atom. The van der Waals surface area contributed by atoms with Gasteiger partial charge in [0.15, 0.2) is 5.16 Å². The molecule has 2 aromatic rings. The second-order valence-corrected chi connectivity index (χ2v) is 5.15. The lowest BCUT2D eigenvalue weighted by atomic mass is 10.1. The van der Waals surface area contributed by atoms with Gasteiger partial charge in [0.05, 0.1) is 5.69 Å². The minimum Gasteiger partial charge on any atom is -0.508 e. The number of thioether (sulfide) groups is 1. The molecule has 0 aliphatic carbocycles. The van der Waals surface area contributed by atoms with E-state index in [1.807, 2.05) is 6.07 Å². The fourth-order valence-electron chi connectivity index (χ4n) is 2.03. The van der Waals surface area contributed by atoms with Crippen LogP contribution in [0, 0.1) is 11.3 Å². The number of aromatic hydroxyl groups is 1. The normalized spacial score (nSPS) is 13.0. The van der Waals surface area contributed by atoms with Crippen molar-refractivity contribution in [2.24, 2.45) is 0 Å². The lowest BCUT2D eigenvalue weighted by Gasteiger charge is -2.07. The highest BCUT2D eigenvalue weighted by atomic mass is 32.2. The first kappa shape index (κ1) is 11.8. The van der Waals surface area contributed by atoms with Crippen molar-refractivity contribution in [2.75, 3.05) is 5.75 Å². The number of aromatic nitrogens is 2. The fourth-order valence-corrected chi connectivity index (χ4v) is 2.98. The third kappa shape index (κ3) is 1.88. The standard InChI is InChI=1S/C13H9N3O2S/c14-7-10-11(8-2-1-3-9(17)6-8)15-13-16(12(10)18)4-5-19-13/h1-3,6,17H,4-5H2. The van der Waals surface area contributed by atoms with Crippen LogP contribution in [0.4, 0.5) is 0 Å². The zero-order valence-corrected chi connectivity index (χ0v) is 10.6. The predicted octanol–water partition coefficient (Wildman–Crippen LogP) is 1.59. The van der Waals surface area contributed by atoms with E-state index in [9.17, 15) is 15.2 Å². The Hall–Kier alpha value is -2.26. The van der Waals surface area contributed by atoms with Crippen LogP contribution in [-0.2, 0) is 6.54 Å². The lowest BCUT2D eigenvalue weighted by molar-refractivity contribution is 0.475. The summed E-state index contributed by atoms with van der Waals surface area (Å²) in [6.45, 7) is 0.584. The van der Waals surface area contributed by atoms with E-state index >= 15 is 0 Å². The topological polar surface area (TPSA) is 78.9 Å². The summed E-state index contributed by atoms with van der Waals surface area (Å²) in [6.07, 6.45) is 0. The van der Waals surface area contributed by atoms with Gasteiger partial charge in [-0.15, -0.1) is 0 Å². The molecule has 1 aliphatic heterocycles. The number of nitrogens with zero attached hydrogens (tertiary/aromatic N) is 3. The molecule has 6 heteroatoms. The summed E-state index contributed by atoms with van der Waals surface area (Å²) in [5.74, 6) is 0.868. The van der Waals surface area contributed by atoms with Crippen LogP contribution >= 0.6 is 11.8 Å². The first-order chi connectivity index (χ1) is 9.20. The molecule has 0 atom stereocenters. The molecule has 2 heterocycles. The Balaban J connectivity index is 2.31. The molecule has 0 unspecified atom stereocenters. The quantitative estimate of drug-likeness (QED) is 0.797. The van der Waals surface area contributed by atoms with Crippen molar-refractivity contribution < 1.29 is 5.11 Å². The van der Waals surface area contributed by atoms with Crippen LogP contribution in [0.3, 0.4) is 0 Å². The Bertz CT molecular complexity index is 761. The summed E-state index contributed by atoms with van der Waals surface area (Å²) in [4.78, 5) is 16.6. The molecule has 0 fully saturated rings. The van der Waals surface area contributed by atoms with Gasteiger partial charge in [0.25, 0.3) is 5.56 Å². The first-order valence-corrected chi connectivity index (χ1v) is 6.66. The monoisotopic (exact) mass is 271 g/mol. The second-order valence-electron chi connectivity index (χ2n) is 4.09. The average Bonchev–Trinajstić information content (AvgIpc) is 2.87. The summed E-state index contributed by atoms with van der Waals surface area (Å²) in [7, 11) is 0. The van der Waals surface area contributed by atoms with Crippen molar-refractivity contribution in [2.45, 2.75) is 11.7 Å². The third-order valence-electron chi connectivity index (χ3n) is 2.91. The zero-order chi connectivity index (χ0) is 13.4. The van der Waals surface area contributed by atoms with E-state index in [2.05, 4.69) is 4.98 Å². The lowest BCUT2D eigenvalue weighted by Crippen LogP contribution is -2.24. The van der Waals surface area contributed by atoms with Crippen molar-refractivity contribution in [1.82, 2.24) is 9.55 Å². The Morgan fingerprint density at radius 3 is 3.05 bits per heavy atom. The molecular formula is C13H9N3O2S. The molecule has 1 N–H and O–H groups in total. The van der Waals surface area contributed by atoms with Gasteiger partial charge < -0.3 is 5.11 Å². The van der Waals surface area contributed by atoms with E-state index in [0.717, 1.165) is 5.75 Å². The molecule has 0 saturated carbocycles. The smallest absolute Gasteiger partial charge is 0.272 e. The van der Waals surface area contributed by atoms with Crippen LogP contribution in [0.15, 0.2) is 34.2 Å². The van der Waals surface area contributed by atoms with E-state index in [0.29, 0.717) is 23.0 Å². The van der Waals surface area contributed by atoms with Crippen LogP contribution in [0.1, 0.15) is 5.56 Å². The van der Waals surface area contributed by atoms with Crippen molar-refractivity contribution in [3.8, 4) is 23.1 Å². The van der Waals surface area contributed by atoms with Crippen LogP contribution in [0.25, 0.3) is 11.3 Å². The number of nitriles is 1. The van der Waals surface area contributed by atoms with Crippen LogP contribution in [0.2, 0.25) is 0 Å². The largest absolute Gasteiger partial charge is 0.508 e. The summed E-state index contributed by atoms with van der Waals surface area (Å²) >= 11 is 1.49. The highest BCUT2D eigenvalue weighted by Crippen LogP contribution is 2.28. The van der Waals surface area contributed by atoms with Gasteiger partial charge in [0, 0.05) is 17.9 Å². The van der Waals surface area contributed by atoms with Crippen molar-refractivity contribution in [3.63, 3.8) is 0 Å². The maximum atomic E-state index is 12.2. The highest BCUT2D eigenvalue weighted by Gasteiger charge is 2.21. The fraction of sp³-hybridized carbons (Fsp3) is 0.154. The summed E-state index contributed by atoms with van der Waals surface area (Å²) < 4.78 is 1.52. The summed E-state index contributed by atoms with van der Waals surface area (Å²) in [5.41, 5.74) is 0.626. The first-order valence-electron chi connectivity index (χ1n) is 5.68. The number of phenolic OH excluding ortho intramolecular Hbond substituents is 1. The molecule has 1 aromatic heterocycles. The zero-order valence-electron chi connectivity index (χ0n) is 9.83. The van der Waals surface area contributed by atoms with E-state index in [-0.39, 0.29) is 16.9 Å². The maximum absolute atomic E-state index is 12.2. The van der Waals surface area contributed by atoms with Gasteiger partial charge in [-0.2, -0.15) is 5.26 Å². The predicted molar refractivity (Wildman–Crippen MR) is 71.0 cm³/mol. The minimum atomic E-state index is -0.309. The molecule has 1 aromatic carbocycles. The summed E-state index contributed by atoms with van der Waals surface area (Å²) in [5, 5.41) is 19.3. The molecule has 0 spiro atoms. The second kappa shape index (κ2) is 4.44. The van der Waals surface area contributed by atoms with Crippen molar-refractivity contribution in [1.29, 1.82) is 5.26 Å². The van der Waals surface area contributed by atoms with Gasteiger partial charge in [0.1, 0.15) is 17.4 Å². The van der Waals surface area contributed by atoms with Crippen molar-refractivity contribution >= 4 is 11.8 Å². The van der Waals surface area contributed by atoms with Gasteiger partial charge in [-0.25, -0.2) is 4.98 Å². The molecule has 5 nitrogen and oxygen atoms in total. The van der Waals surface area contributed by atoms with E-state index < -0.39 is 0 Å². The van der Waals surface area contributed by atoms with Gasteiger partial charge in [0.2, 0.25) is 0 Å². The molecule has 0 radical (unpaired) electrons. The molecule has 0 saturated heterocycles. The van der Waals surface area contributed by atoms with Gasteiger partial charge >= 0.3 is 0 Å². The molecule has 94 valence electrons. The molecule has 3 rings (SSSR count). The number of fused-ring (bicyclic) bond motifs is 1. The van der Waals surface area contributed by atoms with Crippen molar-refractivity contribution in [3.05, 3.63) is 40.2 Å². The molecule has 0 bridgehead atoms. The minimum absolute atomic E-state index is 0.0249. The number of hydrogen-bond acceptors (Lipinski definition) is 5. The molecule has 0 amide bonds. The van der Waals surface area contributed by atoms with Gasteiger partial charge in [-0.3, -0.25) is 9.36 Å². The van der Waals surface area contributed by atoms with E-state index in [1.165, 1.54) is 28.5 Å². The van der Waals surface area contributed by atoms with Crippen LogP contribution in [0.5, 0.6) is 5.75 Å². The van der Waals surface area contributed by atoms with E-state index in [1.54, 1.807) is 12.1 Å². The number of rotatable bonds is 1. The van der Waals surface area contributed by atoms with Crippen LogP contribution < -0.4 is 5.56 Å². The average molecular weight is 271 g/mol. The van der Waals surface area contributed by atoms with Crippen LogP contribution in [-0.4, -0.2) is 20.4 Å². The number of phenols is 1. The SMILES string of the molecule is N#Cc1c(-c2cccc(O)c2)nc2n(c1=O)CCS2. The Morgan fingerprint density at radius 1 is 1.47 bits per heavy atom. The molecular weight excluding hydrogens is 262 g/mol. The number of hydrogen-bond donors (Lipinski definition) is 1. The molecule has 1 aliphatic rings. The molecule has 19 heavy (non-hydrogen) atoms. The third-order valence-corrected chi connectivity index (χ3v) is 3.87. The Labute approximate surface area is 113 Å². The summed E-state index contributed by atoms with van der Waals surface area (Å²) in [6, 6.07) is 8.34. The number of benzene rings is 1. The highest BCUT2D eigenvalue weighted by molar-refractivity contribution is 7.99. The van der Waals surface area contributed by atoms with Gasteiger partial charge in [-0.1, -0.05) is 23.9 Å². The van der Waals surface area contributed by atoms with E-state index in [4.69, 9.17) is 0 Å². The van der Waals surface area contributed by atoms with Gasteiger partial charge in [-0.05, 0) is 12.1 Å². The maximum Gasteiger partial charge on any atom is 0.272 e.